The summed E-state index contributed by atoms with van der Waals surface area (Å²) in [6.07, 6.45) is 1.11. The Balaban J connectivity index is 1.94. The summed E-state index contributed by atoms with van der Waals surface area (Å²) in [7, 11) is 0. The summed E-state index contributed by atoms with van der Waals surface area (Å²) in [6.45, 7) is 2.01. The fourth-order valence-electron chi connectivity index (χ4n) is 1.59. The zero-order chi connectivity index (χ0) is 13.0. The van der Waals surface area contributed by atoms with Crippen LogP contribution < -0.4 is 5.32 Å². The Kier molecular flexibility index (Phi) is 3.62. The van der Waals surface area contributed by atoms with Gasteiger partial charge < -0.3 is 10.4 Å². The number of amides is 1. The normalized spacial score (nSPS) is 10.3. The van der Waals surface area contributed by atoms with E-state index in [0.717, 1.165) is 17.7 Å². The molecule has 0 aliphatic carbocycles. The molecule has 0 aliphatic heterocycles. The molecule has 0 saturated heterocycles. The van der Waals surface area contributed by atoms with Crippen LogP contribution in [0.3, 0.4) is 0 Å². The number of aromatic hydroxyl groups is 1. The van der Waals surface area contributed by atoms with Crippen molar-refractivity contribution in [2.75, 3.05) is 5.32 Å². The molecule has 1 amide bonds. The molecule has 0 atom stereocenters. The Morgan fingerprint density at radius 2 is 2.11 bits per heavy atom. The highest BCUT2D eigenvalue weighted by molar-refractivity contribution is 5.91. The van der Waals surface area contributed by atoms with E-state index in [-0.39, 0.29) is 18.1 Å². The first-order valence-corrected chi connectivity index (χ1v) is 5.79. The highest BCUT2D eigenvalue weighted by atomic mass is 16.3. The molecule has 5 nitrogen and oxygen atoms in total. The third-order valence-corrected chi connectivity index (χ3v) is 2.58. The first-order valence-electron chi connectivity index (χ1n) is 5.79. The largest absolute Gasteiger partial charge is 0.508 e. The van der Waals surface area contributed by atoms with Crippen molar-refractivity contribution in [2.24, 2.45) is 0 Å². The molecule has 1 aromatic heterocycles. The van der Waals surface area contributed by atoms with Gasteiger partial charge in [-0.1, -0.05) is 19.1 Å². The number of phenolic OH excluding ortho intramolecular Hbond substituents is 1. The summed E-state index contributed by atoms with van der Waals surface area (Å²) in [5.74, 6) is 0.601. The molecule has 1 heterocycles. The Morgan fingerprint density at radius 1 is 1.39 bits per heavy atom. The minimum atomic E-state index is -0.130. The highest BCUT2D eigenvalue weighted by Gasteiger charge is 2.06. The van der Waals surface area contributed by atoms with Crippen LogP contribution in [0, 0.1) is 0 Å². The van der Waals surface area contributed by atoms with E-state index in [0.29, 0.717) is 5.82 Å². The Bertz CT molecular complexity index is 531. The smallest absolute Gasteiger partial charge is 0.229 e. The maximum Gasteiger partial charge on any atom is 0.229 e. The van der Waals surface area contributed by atoms with Gasteiger partial charge in [-0.05, 0) is 24.1 Å². The van der Waals surface area contributed by atoms with Gasteiger partial charge in [-0.2, -0.15) is 5.10 Å². The maximum atomic E-state index is 11.7. The molecular weight excluding hydrogens is 230 g/mol. The first kappa shape index (κ1) is 12.2. The van der Waals surface area contributed by atoms with Gasteiger partial charge in [-0.15, -0.1) is 0 Å². The van der Waals surface area contributed by atoms with Crippen LogP contribution >= 0.6 is 0 Å². The second kappa shape index (κ2) is 5.35. The van der Waals surface area contributed by atoms with Gasteiger partial charge in [0.05, 0.1) is 6.42 Å². The van der Waals surface area contributed by atoms with Crippen LogP contribution in [0.5, 0.6) is 5.75 Å². The third kappa shape index (κ3) is 3.10. The summed E-state index contributed by atoms with van der Waals surface area (Å²) < 4.78 is 0. The monoisotopic (exact) mass is 245 g/mol. The second-order valence-corrected chi connectivity index (χ2v) is 4.02. The number of carbonyl (C=O) groups is 1. The van der Waals surface area contributed by atoms with Crippen molar-refractivity contribution in [3.05, 3.63) is 41.6 Å². The number of aromatic nitrogens is 2. The average Bonchev–Trinajstić information content (AvgIpc) is 2.79. The lowest BCUT2D eigenvalue weighted by molar-refractivity contribution is -0.115. The predicted octanol–water partition coefficient (Wildman–Crippen LogP) is 1.86. The molecule has 94 valence electrons. The summed E-state index contributed by atoms with van der Waals surface area (Å²) in [5.41, 5.74) is 1.83. The van der Waals surface area contributed by atoms with Crippen LogP contribution in [0.15, 0.2) is 30.3 Å². The zero-order valence-corrected chi connectivity index (χ0v) is 10.1. The number of nitrogens with zero attached hydrogens (tertiary/aromatic N) is 1. The van der Waals surface area contributed by atoms with Crippen molar-refractivity contribution in [2.45, 2.75) is 19.8 Å². The Hall–Kier alpha value is -2.30. The van der Waals surface area contributed by atoms with E-state index in [2.05, 4.69) is 15.5 Å². The summed E-state index contributed by atoms with van der Waals surface area (Å²) in [6, 6.07) is 8.38. The van der Waals surface area contributed by atoms with Crippen molar-refractivity contribution in [1.29, 1.82) is 0 Å². The van der Waals surface area contributed by atoms with Crippen LogP contribution in [-0.4, -0.2) is 21.2 Å². The van der Waals surface area contributed by atoms with E-state index in [9.17, 15) is 4.79 Å². The molecule has 0 spiro atoms. The SMILES string of the molecule is CCc1cc(NC(=O)Cc2ccc(O)cc2)n[nH]1. The molecule has 0 fully saturated rings. The van der Waals surface area contributed by atoms with Crippen molar-refractivity contribution in [1.82, 2.24) is 10.2 Å². The van der Waals surface area contributed by atoms with Crippen LogP contribution in [0.1, 0.15) is 18.2 Å². The molecule has 5 heteroatoms. The van der Waals surface area contributed by atoms with Gasteiger partial charge in [0.1, 0.15) is 5.75 Å². The maximum absolute atomic E-state index is 11.7. The Labute approximate surface area is 105 Å². The number of rotatable bonds is 4. The lowest BCUT2D eigenvalue weighted by Crippen LogP contribution is -2.14. The van der Waals surface area contributed by atoms with Gasteiger partial charge in [-0.25, -0.2) is 0 Å². The molecular formula is C13H15N3O2. The van der Waals surface area contributed by atoms with E-state index in [1.165, 1.54) is 0 Å². The number of anilines is 1. The standard InChI is InChI=1S/C13H15N3O2/c1-2-10-8-12(16-15-10)14-13(18)7-9-3-5-11(17)6-4-9/h3-6,8,17H,2,7H2,1H3,(H2,14,15,16,18). The van der Waals surface area contributed by atoms with Crippen LogP contribution in [0.4, 0.5) is 5.82 Å². The summed E-state index contributed by atoms with van der Waals surface area (Å²) in [5, 5.41) is 18.7. The van der Waals surface area contributed by atoms with Gasteiger partial charge in [0.2, 0.25) is 5.91 Å². The lowest BCUT2D eigenvalue weighted by Gasteiger charge is -2.02. The van der Waals surface area contributed by atoms with Crippen LogP contribution in [-0.2, 0) is 17.6 Å². The first-order chi connectivity index (χ1) is 8.67. The quantitative estimate of drug-likeness (QED) is 0.769. The van der Waals surface area contributed by atoms with Crippen molar-refractivity contribution in [3.63, 3.8) is 0 Å². The number of benzene rings is 1. The summed E-state index contributed by atoms with van der Waals surface area (Å²) >= 11 is 0. The van der Waals surface area contributed by atoms with Crippen molar-refractivity contribution >= 4 is 11.7 Å². The fraction of sp³-hybridized carbons (Fsp3) is 0.231. The number of phenols is 1. The van der Waals surface area contributed by atoms with Crippen molar-refractivity contribution < 1.29 is 9.90 Å². The molecule has 18 heavy (non-hydrogen) atoms. The average molecular weight is 245 g/mol. The van der Waals surface area contributed by atoms with E-state index in [1.807, 2.05) is 13.0 Å². The molecule has 2 rings (SSSR count). The minimum absolute atomic E-state index is 0.130. The molecule has 0 aliphatic rings. The molecule has 0 unspecified atom stereocenters. The number of hydrogen-bond acceptors (Lipinski definition) is 3. The van der Waals surface area contributed by atoms with E-state index < -0.39 is 0 Å². The molecule has 3 N–H and O–H groups in total. The van der Waals surface area contributed by atoms with E-state index in [1.54, 1.807) is 24.3 Å². The third-order valence-electron chi connectivity index (χ3n) is 2.58. The highest BCUT2D eigenvalue weighted by Crippen LogP contribution is 2.11. The number of aryl methyl sites for hydroxylation is 1. The van der Waals surface area contributed by atoms with Gasteiger partial charge in [0.25, 0.3) is 0 Å². The zero-order valence-electron chi connectivity index (χ0n) is 10.1. The molecule has 0 radical (unpaired) electrons. The topological polar surface area (TPSA) is 78.0 Å². The predicted molar refractivity (Wildman–Crippen MR) is 68.4 cm³/mol. The number of carbonyl (C=O) groups excluding carboxylic acids is 1. The number of H-pyrrole nitrogens is 1. The van der Waals surface area contributed by atoms with E-state index >= 15 is 0 Å². The number of hydrogen-bond donors (Lipinski definition) is 3. The van der Waals surface area contributed by atoms with Gasteiger partial charge in [0, 0.05) is 11.8 Å². The Morgan fingerprint density at radius 3 is 2.72 bits per heavy atom. The van der Waals surface area contributed by atoms with Gasteiger partial charge in [0.15, 0.2) is 5.82 Å². The van der Waals surface area contributed by atoms with Crippen LogP contribution in [0.25, 0.3) is 0 Å². The molecule has 1 aromatic carbocycles. The lowest BCUT2D eigenvalue weighted by atomic mass is 10.1. The minimum Gasteiger partial charge on any atom is -0.508 e. The van der Waals surface area contributed by atoms with Gasteiger partial charge >= 0.3 is 0 Å². The number of aromatic amines is 1. The second-order valence-electron chi connectivity index (χ2n) is 4.02. The number of nitrogens with one attached hydrogen (secondary N) is 2. The van der Waals surface area contributed by atoms with Crippen molar-refractivity contribution in [3.8, 4) is 5.75 Å². The molecule has 0 bridgehead atoms. The van der Waals surface area contributed by atoms with E-state index in [4.69, 9.17) is 5.11 Å². The molecule has 0 saturated carbocycles. The fourth-order valence-corrected chi connectivity index (χ4v) is 1.59. The summed E-state index contributed by atoms with van der Waals surface area (Å²) in [4.78, 5) is 11.7. The van der Waals surface area contributed by atoms with Crippen LogP contribution in [0.2, 0.25) is 0 Å². The molecule has 2 aromatic rings. The van der Waals surface area contributed by atoms with Gasteiger partial charge in [-0.3, -0.25) is 9.89 Å².